The number of hydrogen-bond donors (Lipinski definition) is 1. The summed E-state index contributed by atoms with van der Waals surface area (Å²) in [4.78, 5) is 12.8. The average Bonchev–Trinajstić information content (AvgIpc) is 2.69. The molecule has 1 amide bonds. The Morgan fingerprint density at radius 2 is 1.63 bits per heavy atom. The molecule has 1 aliphatic heterocycles. The third kappa shape index (κ3) is 3.52. The van der Waals surface area contributed by atoms with Gasteiger partial charge >= 0.3 is 0 Å². The first-order valence-corrected chi connectivity index (χ1v) is 11.0. The second-order valence-corrected chi connectivity index (χ2v) is 8.90. The first kappa shape index (κ1) is 21.7. The molecule has 0 aromatic heterocycles. The Bertz CT molecular complexity index is 1150. The van der Waals surface area contributed by atoms with E-state index >= 15 is 0 Å². The number of ether oxygens (including phenoxy) is 2. The van der Waals surface area contributed by atoms with Crippen molar-refractivity contribution in [3.8, 4) is 11.5 Å². The minimum Gasteiger partial charge on any atom is -0.493 e. The maximum Gasteiger partial charge on any atom is 0.270 e. The van der Waals surface area contributed by atoms with Crippen LogP contribution >= 0.6 is 0 Å². The minimum absolute atomic E-state index is 0.165. The highest BCUT2D eigenvalue weighted by Gasteiger charge is 2.39. The Kier molecular flexibility index (Phi) is 5.81. The van der Waals surface area contributed by atoms with Gasteiger partial charge in [-0.15, -0.1) is 0 Å². The Balaban J connectivity index is 2.17. The zero-order valence-electron chi connectivity index (χ0n) is 18.0. The molecule has 7 nitrogen and oxygen atoms in total. The Morgan fingerprint density at radius 3 is 2.20 bits per heavy atom. The van der Waals surface area contributed by atoms with Crippen LogP contribution in [0, 0.1) is 13.8 Å². The largest absolute Gasteiger partial charge is 0.493 e. The summed E-state index contributed by atoms with van der Waals surface area (Å²) in [6.07, 6.45) is 0. The molecule has 0 saturated carbocycles. The molecule has 0 bridgehead atoms. The van der Waals surface area contributed by atoms with E-state index in [0.717, 1.165) is 11.1 Å². The van der Waals surface area contributed by atoms with E-state index in [0.29, 0.717) is 34.0 Å². The number of amides is 1. The van der Waals surface area contributed by atoms with Crippen molar-refractivity contribution in [1.29, 1.82) is 0 Å². The van der Waals surface area contributed by atoms with E-state index in [-0.39, 0.29) is 11.4 Å². The fourth-order valence-electron chi connectivity index (χ4n) is 3.57. The molecule has 30 heavy (non-hydrogen) atoms. The Morgan fingerprint density at radius 1 is 1.00 bits per heavy atom. The SMILES string of the molecule is CCN1c2cc(OC)c(OC)cc2C(C)=C(C(=O)Nc2ccc(C)c(C)c2)S1(=O)=O. The molecule has 1 aliphatic rings. The normalized spacial score (nSPS) is 14.9. The molecule has 0 aliphatic carbocycles. The second-order valence-electron chi connectivity index (χ2n) is 7.10. The lowest BCUT2D eigenvalue weighted by atomic mass is 10.0. The summed E-state index contributed by atoms with van der Waals surface area (Å²) in [5.74, 6) is 0.204. The van der Waals surface area contributed by atoms with Gasteiger partial charge < -0.3 is 14.8 Å². The third-order valence-electron chi connectivity index (χ3n) is 5.32. The second kappa shape index (κ2) is 8.02. The third-order valence-corrected chi connectivity index (χ3v) is 7.36. The molecule has 0 radical (unpaired) electrons. The van der Waals surface area contributed by atoms with Crippen LogP contribution in [0.25, 0.3) is 5.57 Å². The van der Waals surface area contributed by atoms with Crippen molar-refractivity contribution in [3.05, 3.63) is 51.9 Å². The van der Waals surface area contributed by atoms with Crippen molar-refractivity contribution >= 4 is 32.9 Å². The van der Waals surface area contributed by atoms with E-state index in [1.807, 2.05) is 26.0 Å². The van der Waals surface area contributed by atoms with Crippen LogP contribution in [0.5, 0.6) is 11.5 Å². The number of allylic oxidation sites excluding steroid dienone is 1. The number of fused-ring (bicyclic) bond motifs is 1. The number of aryl methyl sites for hydroxylation is 2. The highest BCUT2D eigenvalue weighted by Crippen LogP contribution is 2.44. The minimum atomic E-state index is -4.05. The smallest absolute Gasteiger partial charge is 0.270 e. The van der Waals surface area contributed by atoms with E-state index in [1.165, 1.54) is 18.5 Å². The zero-order valence-corrected chi connectivity index (χ0v) is 18.8. The lowest BCUT2D eigenvalue weighted by molar-refractivity contribution is -0.112. The van der Waals surface area contributed by atoms with Crippen LogP contribution in [-0.2, 0) is 14.8 Å². The van der Waals surface area contributed by atoms with Crippen molar-refractivity contribution < 1.29 is 22.7 Å². The van der Waals surface area contributed by atoms with Gasteiger partial charge in [-0.2, -0.15) is 0 Å². The highest BCUT2D eigenvalue weighted by molar-refractivity contribution is 7.97. The van der Waals surface area contributed by atoms with Gasteiger partial charge in [0.05, 0.1) is 19.9 Å². The van der Waals surface area contributed by atoms with E-state index in [4.69, 9.17) is 9.47 Å². The van der Waals surface area contributed by atoms with Gasteiger partial charge in [0, 0.05) is 23.9 Å². The number of carbonyl (C=O) groups is 1. The molecular formula is C22H26N2O5S. The molecule has 8 heteroatoms. The first-order chi connectivity index (χ1) is 14.1. The van der Waals surface area contributed by atoms with Crippen molar-refractivity contribution in [2.24, 2.45) is 0 Å². The van der Waals surface area contributed by atoms with Crippen LogP contribution in [-0.4, -0.2) is 35.1 Å². The van der Waals surface area contributed by atoms with Gasteiger partial charge in [-0.1, -0.05) is 6.07 Å². The van der Waals surface area contributed by atoms with Crippen LogP contribution in [0.3, 0.4) is 0 Å². The van der Waals surface area contributed by atoms with Gasteiger partial charge in [0.15, 0.2) is 16.4 Å². The topological polar surface area (TPSA) is 84.9 Å². The highest BCUT2D eigenvalue weighted by atomic mass is 32.2. The summed E-state index contributed by atoms with van der Waals surface area (Å²) in [6.45, 7) is 7.42. The molecule has 0 fully saturated rings. The van der Waals surface area contributed by atoms with Crippen LogP contribution in [0.4, 0.5) is 11.4 Å². The maximum atomic E-state index is 13.4. The van der Waals surface area contributed by atoms with Gasteiger partial charge in [0.1, 0.15) is 0 Å². The molecule has 2 aromatic carbocycles. The summed E-state index contributed by atoms with van der Waals surface area (Å²) >= 11 is 0. The summed E-state index contributed by atoms with van der Waals surface area (Å²) in [5, 5.41) is 2.73. The lowest BCUT2D eigenvalue weighted by Crippen LogP contribution is -2.39. The predicted molar refractivity (Wildman–Crippen MR) is 119 cm³/mol. The summed E-state index contributed by atoms with van der Waals surface area (Å²) in [6, 6.07) is 8.77. The molecule has 160 valence electrons. The Labute approximate surface area is 177 Å². The van der Waals surface area contributed by atoms with Crippen LogP contribution < -0.4 is 19.1 Å². The molecule has 1 N–H and O–H groups in total. The molecular weight excluding hydrogens is 404 g/mol. The summed E-state index contributed by atoms with van der Waals surface area (Å²) in [7, 11) is -1.06. The van der Waals surface area contributed by atoms with E-state index in [2.05, 4.69) is 5.32 Å². The summed E-state index contributed by atoms with van der Waals surface area (Å²) in [5.41, 5.74) is 4.05. The molecule has 3 rings (SSSR count). The number of benzene rings is 2. The Hall–Kier alpha value is -3.00. The number of nitrogens with zero attached hydrogens (tertiary/aromatic N) is 1. The molecule has 0 unspecified atom stereocenters. The van der Waals surface area contributed by atoms with E-state index < -0.39 is 15.9 Å². The fourth-order valence-corrected chi connectivity index (χ4v) is 5.32. The molecule has 0 saturated heterocycles. The monoisotopic (exact) mass is 430 g/mol. The van der Waals surface area contributed by atoms with Gasteiger partial charge in [-0.3, -0.25) is 9.10 Å². The molecule has 1 heterocycles. The number of carbonyl (C=O) groups excluding carboxylic acids is 1. The van der Waals surface area contributed by atoms with Gasteiger partial charge in [0.2, 0.25) is 0 Å². The molecule has 2 aromatic rings. The predicted octanol–water partition coefficient (Wildman–Crippen LogP) is 3.86. The van der Waals surface area contributed by atoms with E-state index in [1.54, 1.807) is 32.0 Å². The molecule has 0 spiro atoms. The maximum absolute atomic E-state index is 13.4. The number of methoxy groups -OCH3 is 2. The number of sulfonamides is 1. The number of rotatable bonds is 5. The lowest BCUT2D eigenvalue weighted by Gasteiger charge is -2.32. The van der Waals surface area contributed by atoms with Crippen molar-refractivity contribution in [3.63, 3.8) is 0 Å². The van der Waals surface area contributed by atoms with Crippen molar-refractivity contribution in [2.45, 2.75) is 27.7 Å². The van der Waals surface area contributed by atoms with Gasteiger partial charge in [-0.25, -0.2) is 8.42 Å². The number of nitrogens with one attached hydrogen (secondary N) is 1. The first-order valence-electron chi connectivity index (χ1n) is 9.54. The number of anilines is 2. The standard InChI is InChI=1S/C22H26N2O5S/c1-7-24-18-12-20(29-6)19(28-5)11-17(18)15(4)21(30(24,26)27)22(25)23-16-9-8-13(2)14(3)10-16/h8-12H,7H2,1-6H3,(H,23,25). The molecule has 0 atom stereocenters. The van der Waals surface area contributed by atoms with Gasteiger partial charge in [0.25, 0.3) is 15.9 Å². The average molecular weight is 431 g/mol. The van der Waals surface area contributed by atoms with Gasteiger partial charge in [-0.05, 0) is 62.6 Å². The van der Waals surface area contributed by atoms with Crippen LogP contribution in [0.1, 0.15) is 30.5 Å². The van der Waals surface area contributed by atoms with Crippen molar-refractivity contribution in [2.75, 3.05) is 30.4 Å². The zero-order chi connectivity index (χ0) is 22.2. The quantitative estimate of drug-likeness (QED) is 0.779. The van der Waals surface area contributed by atoms with Crippen LogP contribution in [0.15, 0.2) is 35.2 Å². The number of hydrogen-bond acceptors (Lipinski definition) is 5. The van der Waals surface area contributed by atoms with Crippen LogP contribution in [0.2, 0.25) is 0 Å². The van der Waals surface area contributed by atoms with Crippen molar-refractivity contribution in [1.82, 2.24) is 0 Å². The fraction of sp³-hybridized carbons (Fsp3) is 0.318. The summed E-state index contributed by atoms with van der Waals surface area (Å²) < 4.78 is 38.6. The van der Waals surface area contributed by atoms with E-state index in [9.17, 15) is 13.2 Å².